The van der Waals surface area contributed by atoms with Gasteiger partial charge in [0.25, 0.3) is 0 Å². The zero-order valence-corrected chi connectivity index (χ0v) is 11.6. The molecule has 2 rings (SSSR count). The Kier molecular flexibility index (Phi) is 4.52. The van der Waals surface area contributed by atoms with Crippen molar-refractivity contribution in [3.63, 3.8) is 0 Å². The Morgan fingerprint density at radius 2 is 2.21 bits per heavy atom. The van der Waals surface area contributed by atoms with E-state index in [1.54, 1.807) is 18.3 Å². The number of fused-ring (bicyclic) bond motifs is 1. The number of aliphatic hydroxyl groups excluding tert-OH is 1. The van der Waals surface area contributed by atoms with E-state index >= 15 is 0 Å². The molecule has 0 aliphatic rings. The number of nitrogens with one attached hydrogen (secondary N) is 1. The first-order chi connectivity index (χ1) is 9.11. The van der Waals surface area contributed by atoms with E-state index in [1.807, 2.05) is 30.3 Å². The number of rotatable bonds is 5. The third-order valence-corrected chi connectivity index (χ3v) is 4.26. The quantitative estimate of drug-likeness (QED) is 0.778. The zero-order valence-electron chi connectivity index (χ0n) is 10.8. The molecule has 0 aliphatic heterocycles. The molecule has 19 heavy (non-hydrogen) atoms. The summed E-state index contributed by atoms with van der Waals surface area (Å²) in [6.07, 6.45) is -0.675. The minimum atomic E-state index is -0.675. The molecule has 0 bridgehead atoms. The van der Waals surface area contributed by atoms with Crippen LogP contribution in [0.15, 0.2) is 30.3 Å². The second-order valence-corrected chi connectivity index (χ2v) is 5.70. The molecular weight excluding hydrogens is 260 g/mol. The van der Waals surface area contributed by atoms with Gasteiger partial charge in [0.15, 0.2) is 0 Å². The predicted octanol–water partition coefficient (Wildman–Crippen LogP) is 1.65. The molecule has 1 aromatic carbocycles. The molecule has 102 valence electrons. The monoisotopic (exact) mass is 278 g/mol. The number of aliphatic hydroxyl groups is 1. The topological polar surface area (TPSA) is 75.4 Å². The first-order valence-electron chi connectivity index (χ1n) is 6.26. The van der Waals surface area contributed by atoms with Gasteiger partial charge in [0.2, 0.25) is 5.91 Å². The van der Waals surface area contributed by atoms with Gasteiger partial charge in [-0.05, 0) is 17.5 Å². The number of carbonyl (C=O) groups is 1. The Hall–Kier alpha value is -1.43. The molecule has 2 unspecified atom stereocenters. The van der Waals surface area contributed by atoms with Gasteiger partial charge in [0.05, 0.1) is 0 Å². The molecule has 2 atom stereocenters. The van der Waals surface area contributed by atoms with Crippen LogP contribution in [0.2, 0.25) is 0 Å². The molecule has 4 nitrogen and oxygen atoms in total. The summed E-state index contributed by atoms with van der Waals surface area (Å²) < 4.78 is 1.14. The first kappa shape index (κ1) is 14.0. The molecule has 0 fully saturated rings. The maximum atomic E-state index is 11.6. The average Bonchev–Trinajstić information content (AvgIpc) is 2.87. The molecule has 1 heterocycles. The van der Waals surface area contributed by atoms with Crippen LogP contribution in [0.3, 0.4) is 0 Å². The summed E-state index contributed by atoms with van der Waals surface area (Å²) in [7, 11) is 0. The number of hydrogen-bond donors (Lipinski definition) is 3. The number of hydrogen-bond acceptors (Lipinski definition) is 4. The molecule has 0 radical (unpaired) electrons. The van der Waals surface area contributed by atoms with Crippen LogP contribution in [0, 0.1) is 5.92 Å². The van der Waals surface area contributed by atoms with Gasteiger partial charge >= 0.3 is 0 Å². The van der Waals surface area contributed by atoms with Gasteiger partial charge in [0.1, 0.15) is 6.10 Å². The highest BCUT2D eigenvalue weighted by Gasteiger charge is 2.15. The minimum Gasteiger partial charge on any atom is -0.386 e. The van der Waals surface area contributed by atoms with Gasteiger partial charge in [0, 0.05) is 28.6 Å². The van der Waals surface area contributed by atoms with E-state index < -0.39 is 6.10 Å². The SMILES string of the molecule is CC(CN)C(=O)NCC(O)c1cc2ccccc2s1. The average molecular weight is 278 g/mol. The second kappa shape index (κ2) is 6.14. The maximum absolute atomic E-state index is 11.6. The lowest BCUT2D eigenvalue weighted by Gasteiger charge is -2.13. The van der Waals surface area contributed by atoms with Crippen molar-refractivity contribution in [3.05, 3.63) is 35.2 Å². The number of benzene rings is 1. The Morgan fingerprint density at radius 3 is 2.89 bits per heavy atom. The van der Waals surface area contributed by atoms with E-state index in [0.29, 0.717) is 6.54 Å². The van der Waals surface area contributed by atoms with Crippen molar-refractivity contribution in [2.24, 2.45) is 11.7 Å². The van der Waals surface area contributed by atoms with Gasteiger partial charge in [-0.2, -0.15) is 0 Å². The fraction of sp³-hybridized carbons (Fsp3) is 0.357. The normalized spacial score (nSPS) is 14.3. The highest BCUT2D eigenvalue weighted by Crippen LogP contribution is 2.29. The van der Waals surface area contributed by atoms with Crippen molar-refractivity contribution >= 4 is 27.3 Å². The highest BCUT2D eigenvalue weighted by molar-refractivity contribution is 7.19. The molecule has 1 aromatic heterocycles. The van der Waals surface area contributed by atoms with Crippen molar-refractivity contribution in [2.45, 2.75) is 13.0 Å². The molecule has 5 heteroatoms. The minimum absolute atomic E-state index is 0.123. The Bertz CT molecular complexity index is 534. The van der Waals surface area contributed by atoms with Crippen molar-refractivity contribution < 1.29 is 9.90 Å². The van der Waals surface area contributed by atoms with Crippen LogP contribution in [-0.4, -0.2) is 24.1 Å². The van der Waals surface area contributed by atoms with E-state index in [0.717, 1.165) is 15.0 Å². The van der Waals surface area contributed by atoms with E-state index in [4.69, 9.17) is 5.73 Å². The van der Waals surface area contributed by atoms with E-state index in [1.165, 1.54) is 0 Å². The second-order valence-electron chi connectivity index (χ2n) is 4.58. The summed E-state index contributed by atoms with van der Waals surface area (Å²) in [5, 5.41) is 13.9. The predicted molar refractivity (Wildman–Crippen MR) is 78.0 cm³/mol. The molecule has 2 aromatic rings. The zero-order chi connectivity index (χ0) is 13.8. The molecule has 0 saturated heterocycles. The molecule has 1 amide bonds. The third kappa shape index (κ3) is 3.32. The van der Waals surface area contributed by atoms with Gasteiger partial charge in [-0.25, -0.2) is 0 Å². The van der Waals surface area contributed by atoms with Gasteiger partial charge in [-0.15, -0.1) is 11.3 Å². The van der Waals surface area contributed by atoms with E-state index in [9.17, 15) is 9.90 Å². The lowest BCUT2D eigenvalue weighted by Crippen LogP contribution is -2.35. The Morgan fingerprint density at radius 1 is 1.47 bits per heavy atom. The van der Waals surface area contributed by atoms with Crippen molar-refractivity contribution in [3.8, 4) is 0 Å². The molecule has 0 spiro atoms. The Labute approximate surface area is 116 Å². The van der Waals surface area contributed by atoms with Crippen LogP contribution in [0.5, 0.6) is 0 Å². The van der Waals surface area contributed by atoms with Gasteiger partial charge < -0.3 is 16.2 Å². The number of nitrogens with two attached hydrogens (primary N) is 1. The molecule has 4 N–H and O–H groups in total. The van der Waals surface area contributed by atoms with Gasteiger partial charge in [-0.1, -0.05) is 25.1 Å². The largest absolute Gasteiger partial charge is 0.386 e. The number of carbonyl (C=O) groups excluding carboxylic acids is 1. The summed E-state index contributed by atoms with van der Waals surface area (Å²) in [5.41, 5.74) is 5.42. The molecule has 0 saturated carbocycles. The smallest absolute Gasteiger partial charge is 0.224 e. The molecular formula is C14H18N2O2S. The summed E-state index contributed by atoms with van der Waals surface area (Å²) in [4.78, 5) is 12.4. The van der Waals surface area contributed by atoms with Crippen molar-refractivity contribution in [2.75, 3.05) is 13.1 Å². The Balaban J connectivity index is 2.00. The lowest BCUT2D eigenvalue weighted by atomic mass is 10.1. The van der Waals surface area contributed by atoms with Crippen molar-refractivity contribution in [1.29, 1.82) is 0 Å². The van der Waals surface area contributed by atoms with Crippen LogP contribution in [0.25, 0.3) is 10.1 Å². The summed E-state index contributed by atoms with van der Waals surface area (Å²) >= 11 is 1.55. The van der Waals surface area contributed by atoms with Gasteiger partial charge in [-0.3, -0.25) is 4.79 Å². The highest BCUT2D eigenvalue weighted by atomic mass is 32.1. The van der Waals surface area contributed by atoms with Crippen LogP contribution in [0.4, 0.5) is 0 Å². The standard InChI is InChI=1S/C14H18N2O2S/c1-9(7-15)14(18)16-8-11(17)13-6-10-4-2-3-5-12(10)19-13/h2-6,9,11,17H,7-8,15H2,1H3,(H,16,18). The summed E-state index contributed by atoms with van der Waals surface area (Å²) in [5.74, 6) is -0.350. The van der Waals surface area contributed by atoms with E-state index in [2.05, 4.69) is 5.32 Å². The number of amides is 1. The van der Waals surface area contributed by atoms with Crippen LogP contribution in [0.1, 0.15) is 17.9 Å². The van der Waals surface area contributed by atoms with Crippen LogP contribution >= 0.6 is 11.3 Å². The first-order valence-corrected chi connectivity index (χ1v) is 7.07. The van der Waals surface area contributed by atoms with E-state index in [-0.39, 0.29) is 18.4 Å². The van der Waals surface area contributed by atoms with Crippen LogP contribution in [-0.2, 0) is 4.79 Å². The third-order valence-electron chi connectivity index (χ3n) is 3.04. The van der Waals surface area contributed by atoms with Crippen molar-refractivity contribution in [1.82, 2.24) is 5.32 Å². The lowest BCUT2D eigenvalue weighted by molar-refractivity contribution is -0.124. The fourth-order valence-corrected chi connectivity index (χ4v) is 2.80. The fourth-order valence-electron chi connectivity index (χ4n) is 1.75. The maximum Gasteiger partial charge on any atom is 0.224 e. The summed E-state index contributed by atoms with van der Waals surface area (Å²) in [6.45, 7) is 2.29. The van der Waals surface area contributed by atoms with Crippen LogP contribution < -0.4 is 11.1 Å². The molecule has 0 aliphatic carbocycles. The number of thiophene rings is 1. The summed E-state index contributed by atoms with van der Waals surface area (Å²) in [6, 6.07) is 9.93.